The number of hydrazine groups is 1. The van der Waals surface area contributed by atoms with Gasteiger partial charge in [-0.15, -0.1) is 0 Å². The van der Waals surface area contributed by atoms with E-state index in [1.54, 1.807) is 42.5 Å². The molecule has 3 rings (SSSR count). The molecule has 7 heteroatoms. The Hall–Kier alpha value is -3.61. The lowest BCUT2D eigenvalue weighted by Gasteiger charge is -2.06. The van der Waals surface area contributed by atoms with E-state index >= 15 is 0 Å². The van der Waals surface area contributed by atoms with Crippen molar-refractivity contribution in [1.82, 2.24) is 10.9 Å². The standard InChI is InChI=1S/C19H15FN2O4/c1-25-15-7-5-12(6-8-15)18(23)21-22-19(24)17-10-9-16(26-17)13-3-2-4-14(20)11-13/h2-11H,1H3,(H,21,23)(H,22,24). The smallest absolute Gasteiger partial charge is 0.305 e. The lowest BCUT2D eigenvalue weighted by molar-refractivity contribution is 0.0831. The molecule has 0 spiro atoms. The first-order valence-electron chi connectivity index (χ1n) is 7.67. The highest BCUT2D eigenvalue weighted by Crippen LogP contribution is 2.22. The Morgan fingerprint density at radius 3 is 2.38 bits per heavy atom. The molecule has 0 radical (unpaired) electrons. The maximum Gasteiger partial charge on any atom is 0.305 e. The van der Waals surface area contributed by atoms with Crippen LogP contribution in [0.5, 0.6) is 5.75 Å². The fourth-order valence-corrected chi connectivity index (χ4v) is 2.25. The van der Waals surface area contributed by atoms with E-state index in [2.05, 4.69) is 10.9 Å². The van der Waals surface area contributed by atoms with Crippen molar-refractivity contribution < 1.29 is 23.1 Å². The fourth-order valence-electron chi connectivity index (χ4n) is 2.25. The molecule has 0 saturated carbocycles. The number of hydrogen-bond donors (Lipinski definition) is 2. The Balaban J connectivity index is 1.62. The van der Waals surface area contributed by atoms with E-state index in [0.29, 0.717) is 22.6 Å². The molecule has 132 valence electrons. The Kier molecular flexibility index (Phi) is 4.98. The molecular weight excluding hydrogens is 339 g/mol. The molecule has 26 heavy (non-hydrogen) atoms. The van der Waals surface area contributed by atoms with Crippen LogP contribution < -0.4 is 15.6 Å². The van der Waals surface area contributed by atoms with Gasteiger partial charge >= 0.3 is 5.91 Å². The van der Waals surface area contributed by atoms with Gasteiger partial charge in [0.05, 0.1) is 7.11 Å². The zero-order valence-electron chi connectivity index (χ0n) is 13.8. The summed E-state index contributed by atoms with van der Waals surface area (Å²) in [4.78, 5) is 24.1. The van der Waals surface area contributed by atoms with E-state index in [-0.39, 0.29) is 5.76 Å². The van der Waals surface area contributed by atoms with Crippen LogP contribution in [0.2, 0.25) is 0 Å². The molecular formula is C19H15FN2O4. The third-order valence-corrected chi connectivity index (χ3v) is 3.58. The molecule has 0 unspecified atom stereocenters. The van der Waals surface area contributed by atoms with Crippen LogP contribution in [0.3, 0.4) is 0 Å². The van der Waals surface area contributed by atoms with Crippen molar-refractivity contribution in [3.63, 3.8) is 0 Å². The molecule has 2 N–H and O–H groups in total. The number of carbonyl (C=O) groups excluding carboxylic acids is 2. The topological polar surface area (TPSA) is 80.6 Å². The van der Waals surface area contributed by atoms with E-state index in [9.17, 15) is 14.0 Å². The molecule has 2 amide bonds. The van der Waals surface area contributed by atoms with Crippen LogP contribution >= 0.6 is 0 Å². The quantitative estimate of drug-likeness (QED) is 0.705. The predicted molar refractivity (Wildman–Crippen MR) is 92.0 cm³/mol. The van der Waals surface area contributed by atoms with Crippen molar-refractivity contribution in [3.05, 3.63) is 77.8 Å². The molecule has 0 aliphatic rings. The average Bonchev–Trinajstić information content (AvgIpc) is 3.16. The molecule has 1 aromatic heterocycles. The summed E-state index contributed by atoms with van der Waals surface area (Å²) >= 11 is 0. The molecule has 0 fully saturated rings. The molecule has 2 aromatic carbocycles. The van der Waals surface area contributed by atoms with Crippen LogP contribution in [0.1, 0.15) is 20.9 Å². The number of rotatable bonds is 4. The number of carbonyl (C=O) groups is 2. The van der Waals surface area contributed by atoms with E-state index in [1.807, 2.05) is 0 Å². The first-order valence-corrected chi connectivity index (χ1v) is 7.67. The van der Waals surface area contributed by atoms with E-state index in [1.165, 1.54) is 25.3 Å². The first kappa shape index (κ1) is 17.2. The highest BCUT2D eigenvalue weighted by atomic mass is 19.1. The summed E-state index contributed by atoms with van der Waals surface area (Å²) in [6.07, 6.45) is 0. The first-order chi connectivity index (χ1) is 12.6. The van der Waals surface area contributed by atoms with Gasteiger partial charge < -0.3 is 9.15 Å². The zero-order chi connectivity index (χ0) is 18.5. The highest BCUT2D eigenvalue weighted by molar-refractivity contribution is 5.98. The van der Waals surface area contributed by atoms with Crippen LogP contribution in [-0.4, -0.2) is 18.9 Å². The molecule has 0 saturated heterocycles. The van der Waals surface area contributed by atoms with Gasteiger partial charge in [-0.05, 0) is 48.5 Å². The Bertz CT molecular complexity index is 935. The summed E-state index contributed by atoms with van der Waals surface area (Å²) in [6, 6.07) is 15.2. The SMILES string of the molecule is COc1ccc(C(=O)NNC(=O)c2ccc(-c3cccc(F)c3)o2)cc1. The number of methoxy groups -OCH3 is 1. The maximum absolute atomic E-state index is 13.3. The third-order valence-electron chi connectivity index (χ3n) is 3.58. The Labute approximate surface area is 148 Å². The van der Waals surface area contributed by atoms with E-state index in [0.717, 1.165) is 0 Å². The number of furan rings is 1. The van der Waals surface area contributed by atoms with Gasteiger partial charge in [0.25, 0.3) is 5.91 Å². The van der Waals surface area contributed by atoms with Crippen molar-refractivity contribution >= 4 is 11.8 Å². The van der Waals surface area contributed by atoms with Gasteiger partial charge in [-0.25, -0.2) is 4.39 Å². The third kappa shape index (κ3) is 3.89. The average molecular weight is 354 g/mol. The predicted octanol–water partition coefficient (Wildman–Crippen LogP) is 3.17. The molecule has 0 bridgehead atoms. The summed E-state index contributed by atoms with van der Waals surface area (Å²) < 4.78 is 23.7. The van der Waals surface area contributed by atoms with Crippen molar-refractivity contribution in [2.45, 2.75) is 0 Å². The summed E-state index contributed by atoms with van der Waals surface area (Å²) in [5, 5.41) is 0. The minimum absolute atomic E-state index is 0.0145. The fraction of sp³-hybridized carbons (Fsp3) is 0.0526. The number of halogens is 1. The van der Waals surface area contributed by atoms with Crippen LogP contribution in [0.4, 0.5) is 4.39 Å². The van der Waals surface area contributed by atoms with Gasteiger partial charge in [0.15, 0.2) is 5.76 Å². The number of nitrogens with one attached hydrogen (secondary N) is 2. The minimum atomic E-state index is -0.630. The summed E-state index contributed by atoms with van der Waals surface area (Å²) in [6.45, 7) is 0. The summed E-state index contributed by atoms with van der Waals surface area (Å²) in [5.41, 5.74) is 5.42. The van der Waals surface area contributed by atoms with Crippen molar-refractivity contribution in [1.29, 1.82) is 0 Å². The van der Waals surface area contributed by atoms with Gasteiger partial charge in [0, 0.05) is 11.1 Å². The van der Waals surface area contributed by atoms with Gasteiger partial charge in [-0.2, -0.15) is 0 Å². The van der Waals surface area contributed by atoms with Crippen LogP contribution in [0.25, 0.3) is 11.3 Å². The highest BCUT2D eigenvalue weighted by Gasteiger charge is 2.14. The lowest BCUT2D eigenvalue weighted by atomic mass is 10.2. The molecule has 0 aliphatic heterocycles. The second-order valence-electron chi connectivity index (χ2n) is 5.31. The second kappa shape index (κ2) is 7.52. The Morgan fingerprint density at radius 1 is 0.962 bits per heavy atom. The molecule has 1 heterocycles. The van der Waals surface area contributed by atoms with Crippen molar-refractivity contribution in [2.24, 2.45) is 0 Å². The van der Waals surface area contributed by atoms with Crippen LogP contribution in [-0.2, 0) is 0 Å². The number of amides is 2. The molecule has 3 aromatic rings. The van der Waals surface area contributed by atoms with Gasteiger partial charge in [-0.3, -0.25) is 20.4 Å². The van der Waals surface area contributed by atoms with Gasteiger partial charge in [0.1, 0.15) is 17.3 Å². The second-order valence-corrected chi connectivity index (χ2v) is 5.31. The Morgan fingerprint density at radius 2 is 1.69 bits per heavy atom. The zero-order valence-corrected chi connectivity index (χ0v) is 13.8. The summed E-state index contributed by atoms with van der Waals surface area (Å²) in [7, 11) is 1.52. The summed E-state index contributed by atoms with van der Waals surface area (Å²) in [5.74, 6) is -0.578. The van der Waals surface area contributed by atoms with Crippen molar-refractivity contribution in [2.75, 3.05) is 7.11 Å². The normalized spacial score (nSPS) is 10.2. The molecule has 0 aliphatic carbocycles. The van der Waals surface area contributed by atoms with E-state index < -0.39 is 17.6 Å². The number of benzene rings is 2. The molecule has 6 nitrogen and oxygen atoms in total. The van der Waals surface area contributed by atoms with Gasteiger partial charge in [0.2, 0.25) is 0 Å². The van der Waals surface area contributed by atoms with Crippen LogP contribution in [0, 0.1) is 5.82 Å². The van der Waals surface area contributed by atoms with Crippen molar-refractivity contribution in [3.8, 4) is 17.1 Å². The number of ether oxygens (including phenoxy) is 1. The lowest BCUT2D eigenvalue weighted by Crippen LogP contribution is -2.41. The minimum Gasteiger partial charge on any atom is -0.497 e. The molecule has 0 atom stereocenters. The van der Waals surface area contributed by atoms with E-state index in [4.69, 9.17) is 9.15 Å². The monoisotopic (exact) mass is 354 g/mol. The number of hydrogen-bond acceptors (Lipinski definition) is 4. The van der Waals surface area contributed by atoms with Crippen LogP contribution in [0.15, 0.2) is 65.1 Å². The largest absolute Gasteiger partial charge is 0.497 e. The maximum atomic E-state index is 13.3. The van der Waals surface area contributed by atoms with Gasteiger partial charge in [-0.1, -0.05) is 12.1 Å².